The highest BCUT2D eigenvalue weighted by Gasteiger charge is 2.39. The molecule has 4 atom stereocenters. The molecule has 2 rings (SSSR count). The van der Waals surface area contributed by atoms with Crippen molar-refractivity contribution in [1.29, 1.82) is 0 Å². The molecule has 1 aliphatic heterocycles. The van der Waals surface area contributed by atoms with Crippen LogP contribution in [0.1, 0.15) is 59.8 Å². The largest absolute Gasteiger partial charge is 0.326 e. The van der Waals surface area contributed by atoms with Gasteiger partial charge in [0.2, 0.25) is 0 Å². The van der Waals surface area contributed by atoms with Crippen molar-refractivity contribution in [2.45, 2.75) is 77.9 Å². The van der Waals surface area contributed by atoms with Crippen LogP contribution in [0, 0.1) is 11.3 Å². The highest BCUT2D eigenvalue weighted by molar-refractivity contribution is 4.95. The third-order valence-corrected chi connectivity index (χ3v) is 6.63. The number of rotatable bonds is 4. The van der Waals surface area contributed by atoms with Crippen LogP contribution in [-0.2, 0) is 0 Å². The smallest absolute Gasteiger partial charge is 0.0251 e. The highest BCUT2D eigenvalue weighted by Crippen LogP contribution is 2.41. The van der Waals surface area contributed by atoms with Gasteiger partial charge >= 0.3 is 0 Å². The third-order valence-electron chi connectivity index (χ3n) is 6.63. The van der Waals surface area contributed by atoms with Gasteiger partial charge in [-0.3, -0.25) is 4.90 Å². The predicted octanol–water partition coefficient (Wildman–Crippen LogP) is 2.94. The van der Waals surface area contributed by atoms with Crippen molar-refractivity contribution in [3.63, 3.8) is 0 Å². The van der Waals surface area contributed by atoms with E-state index in [1.807, 2.05) is 0 Å². The molecule has 124 valence electrons. The van der Waals surface area contributed by atoms with E-state index in [2.05, 4.69) is 44.5 Å². The zero-order valence-electron chi connectivity index (χ0n) is 14.9. The van der Waals surface area contributed by atoms with Crippen LogP contribution < -0.4 is 5.73 Å². The van der Waals surface area contributed by atoms with Crippen molar-refractivity contribution in [2.24, 2.45) is 17.1 Å². The van der Waals surface area contributed by atoms with Gasteiger partial charge in [-0.2, -0.15) is 0 Å². The van der Waals surface area contributed by atoms with Gasteiger partial charge in [0, 0.05) is 37.8 Å². The number of piperazine rings is 1. The zero-order valence-corrected chi connectivity index (χ0v) is 14.9. The number of nitrogens with two attached hydrogens (primary N) is 1. The molecule has 1 saturated heterocycles. The first kappa shape index (κ1) is 17.2. The van der Waals surface area contributed by atoms with Crippen molar-refractivity contribution in [2.75, 3.05) is 26.7 Å². The summed E-state index contributed by atoms with van der Waals surface area (Å²) in [5, 5.41) is 0. The number of nitrogens with zero attached hydrogens (tertiary/aromatic N) is 2. The Labute approximate surface area is 132 Å². The molecule has 0 spiro atoms. The van der Waals surface area contributed by atoms with Crippen LogP contribution in [0.3, 0.4) is 0 Å². The second kappa shape index (κ2) is 6.97. The topological polar surface area (TPSA) is 32.5 Å². The molecule has 3 heteroatoms. The summed E-state index contributed by atoms with van der Waals surface area (Å²) in [6, 6.07) is 1.71. The molecule has 0 aromatic rings. The van der Waals surface area contributed by atoms with E-state index < -0.39 is 0 Å². The lowest BCUT2D eigenvalue weighted by atomic mass is 9.67. The molecule has 0 radical (unpaired) electrons. The maximum atomic E-state index is 6.52. The summed E-state index contributed by atoms with van der Waals surface area (Å²) in [4.78, 5) is 5.25. The Balaban J connectivity index is 2.03. The Morgan fingerprint density at radius 3 is 2.48 bits per heavy atom. The van der Waals surface area contributed by atoms with E-state index in [9.17, 15) is 0 Å². The van der Waals surface area contributed by atoms with Gasteiger partial charge in [0.25, 0.3) is 0 Å². The van der Waals surface area contributed by atoms with Crippen LogP contribution in [0.15, 0.2) is 0 Å². The molecule has 0 aromatic heterocycles. The van der Waals surface area contributed by atoms with Gasteiger partial charge in [0.1, 0.15) is 0 Å². The maximum Gasteiger partial charge on any atom is 0.0251 e. The normalized spacial score (nSPS) is 36.9. The number of likely N-dealkylation sites (N-methyl/N-ethyl adjacent to an activating group) is 1. The quantitative estimate of drug-likeness (QED) is 0.865. The van der Waals surface area contributed by atoms with Crippen LogP contribution in [0.25, 0.3) is 0 Å². The van der Waals surface area contributed by atoms with Gasteiger partial charge in [0.05, 0.1) is 0 Å². The van der Waals surface area contributed by atoms with Gasteiger partial charge in [0.15, 0.2) is 0 Å². The van der Waals surface area contributed by atoms with Crippen LogP contribution in [-0.4, -0.2) is 54.6 Å². The molecular weight excluding hydrogens is 258 g/mol. The Hall–Kier alpha value is -0.120. The van der Waals surface area contributed by atoms with Crippen LogP contribution in [0.2, 0.25) is 0 Å². The highest BCUT2D eigenvalue weighted by atomic mass is 15.3. The van der Waals surface area contributed by atoms with Crippen molar-refractivity contribution in [3.05, 3.63) is 0 Å². The molecule has 0 aromatic carbocycles. The lowest BCUT2D eigenvalue weighted by Crippen LogP contribution is -2.60. The molecule has 0 bridgehead atoms. The molecule has 1 aliphatic carbocycles. The maximum absolute atomic E-state index is 6.52. The first-order chi connectivity index (χ1) is 9.89. The molecule has 4 unspecified atom stereocenters. The van der Waals surface area contributed by atoms with Crippen molar-refractivity contribution >= 4 is 0 Å². The fraction of sp³-hybridized carbons (Fsp3) is 1.00. The molecule has 21 heavy (non-hydrogen) atoms. The van der Waals surface area contributed by atoms with Gasteiger partial charge < -0.3 is 10.6 Å². The molecule has 2 fully saturated rings. The Bertz CT molecular complexity index is 328. The molecule has 1 heterocycles. The summed E-state index contributed by atoms with van der Waals surface area (Å²) in [6.45, 7) is 13.2. The van der Waals surface area contributed by atoms with E-state index in [0.717, 1.165) is 5.92 Å². The standard InChI is InChI=1S/C18H37N3/c1-6-15-13-21(11-10-20(15)5)17-12-14(8-9-16(17)19)18(3,4)7-2/h14-17H,6-13,19H2,1-5H3. The zero-order chi connectivity index (χ0) is 15.6. The third kappa shape index (κ3) is 3.80. The van der Waals surface area contributed by atoms with E-state index in [0.29, 0.717) is 23.5 Å². The van der Waals surface area contributed by atoms with Gasteiger partial charge in [-0.05, 0) is 44.1 Å². The number of hydrogen-bond donors (Lipinski definition) is 1. The lowest BCUT2D eigenvalue weighted by molar-refractivity contribution is 0.0125. The Morgan fingerprint density at radius 1 is 1.14 bits per heavy atom. The average molecular weight is 296 g/mol. The summed E-state index contributed by atoms with van der Waals surface area (Å²) in [5.74, 6) is 0.840. The van der Waals surface area contributed by atoms with Crippen molar-refractivity contribution < 1.29 is 0 Å². The first-order valence-electron chi connectivity index (χ1n) is 9.08. The van der Waals surface area contributed by atoms with E-state index in [1.165, 1.54) is 51.7 Å². The van der Waals surface area contributed by atoms with Gasteiger partial charge in [-0.1, -0.05) is 34.1 Å². The average Bonchev–Trinajstić information content (AvgIpc) is 2.48. The summed E-state index contributed by atoms with van der Waals surface area (Å²) >= 11 is 0. The fourth-order valence-corrected chi connectivity index (χ4v) is 4.30. The van der Waals surface area contributed by atoms with Gasteiger partial charge in [-0.25, -0.2) is 0 Å². The SMILES string of the molecule is CCC1CN(C2CC(C(C)(C)CC)CCC2N)CCN1C. The monoisotopic (exact) mass is 295 g/mol. The van der Waals surface area contributed by atoms with E-state index in [1.54, 1.807) is 0 Å². The molecule has 2 N–H and O–H groups in total. The molecule has 1 saturated carbocycles. The Kier molecular flexibility index (Phi) is 5.72. The summed E-state index contributed by atoms with van der Waals surface area (Å²) in [5.41, 5.74) is 6.99. The summed E-state index contributed by atoms with van der Waals surface area (Å²) < 4.78 is 0. The molecule has 0 amide bonds. The van der Waals surface area contributed by atoms with Crippen LogP contribution in [0.4, 0.5) is 0 Å². The van der Waals surface area contributed by atoms with E-state index >= 15 is 0 Å². The minimum Gasteiger partial charge on any atom is -0.326 e. The van der Waals surface area contributed by atoms with Gasteiger partial charge in [-0.15, -0.1) is 0 Å². The molecular formula is C18H37N3. The minimum absolute atomic E-state index is 0.384. The second-order valence-electron chi connectivity index (χ2n) is 8.12. The minimum atomic E-state index is 0.384. The molecule has 2 aliphatic rings. The predicted molar refractivity (Wildman–Crippen MR) is 91.5 cm³/mol. The summed E-state index contributed by atoms with van der Waals surface area (Å²) in [7, 11) is 2.27. The lowest BCUT2D eigenvalue weighted by Gasteiger charge is -2.49. The summed E-state index contributed by atoms with van der Waals surface area (Å²) in [6.07, 6.45) is 6.37. The first-order valence-corrected chi connectivity index (χ1v) is 9.08. The number of hydrogen-bond acceptors (Lipinski definition) is 3. The second-order valence-corrected chi connectivity index (χ2v) is 8.12. The Morgan fingerprint density at radius 2 is 1.86 bits per heavy atom. The van der Waals surface area contributed by atoms with E-state index in [-0.39, 0.29) is 0 Å². The fourth-order valence-electron chi connectivity index (χ4n) is 4.30. The van der Waals surface area contributed by atoms with E-state index in [4.69, 9.17) is 5.73 Å². The van der Waals surface area contributed by atoms with Crippen molar-refractivity contribution in [1.82, 2.24) is 9.80 Å². The van der Waals surface area contributed by atoms with Crippen molar-refractivity contribution in [3.8, 4) is 0 Å². The molecule has 3 nitrogen and oxygen atoms in total. The van der Waals surface area contributed by atoms with Crippen LogP contribution >= 0.6 is 0 Å². The van der Waals surface area contributed by atoms with Crippen LogP contribution in [0.5, 0.6) is 0 Å².